The first-order chi connectivity index (χ1) is 9.28. The van der Waals surface area contributed by atoms with Crippen molar-refractivity contribution >= 4 is 11.9 Å². The van der Waals surface area contributed by atoms with Gasteiger partial charge in [0.2, 0.25) is 0 Å². The molecule has 6 heteroatoms. The molecular formula is C15H24O6. The van der Waals surface area contributed by atoms with Crippen LogP contribution in [-0.4, -0.2) is 39.6 Å². The smallest absolute Gasteiger partial charge is 0.336 e. The largest absolute Gasteiger partial charge is 0.417 e. The van der Waals surface area contributed by atoms with Gasteiger partial charge in [0.25, 0.3) is 5.79 Å². The molecule has 0 amide bonds. The van der Waals surface area contributed by atoms with Crippen LogP contribution in [0.4, 0.5) is 0 Å². The third-order valence-electron chi connectivity index (χ3n) is 2.59. The van der Waals surface area contributed by atoms with Gasteiger partial charge < -0.3 is 19.7 Å². The molecule has 21 heavy (non-hydrogen) atoms. The third-order valence-corrected chi connectivity index (χ3v) is 2.59. The SMILES string of the molecule is C=C(C)C(=O)OC(C)(OC(=O)C(=C)C)C(O)CC(C)(C)O. The molecule has 0 spiro atoms. The Kier molecular flexibility index (Phi) is 6.32. The maximum atomic E-state index is 11.7. The summed E-state index contributed by atoms with van der Waals surface area (Å²) in [5.74, 6) is -3.59. The van der Waals surface area contributed by atoms with Crippen molar-refractivity contribution in [1.29, 1.82) is 0 Å². The van der Waals surface area contributed by atoms with Crippen LogP contribution in [0, 0.1) is 0 Å². The number of esters is 2. The highest BCUT2D eigenvalue weighted by molar-refractivity contribution is 5.89. The minimum atomic E-state index is -1.95. The molecule has 0 rings (SSSR count). The van der Waals surface area contributed by atoms with Crippen LogP contribution in [0.25, 0.3) is 0 Å². The van der Waals surface area contributed by atoms with E-state index in [1.54, 1.807) is 0 Å². The molecule has 0 aliphatic heterocycles. The number of carbonyl (C=O) groups excluding carboxylic acids is 2. The Bertz CT molecular complexity index is 416. The average molecular weight is 300 g/mol. The van der Waals surface area contributed by atoms with Crippen molar-refractivity contribution in [3.63, 3.8) is 0 Å². The molecule has 0 fully saturated rings. The molecule has 120 valence electrons. The molecule has 0 aromatic carbocycles. The summed E-state index contributed by atoms with van der Waals surface area (Å²) in [7, 11) is 0. The highest BCUT2D eigenvalue weighted by atomic mass is 16.7. The number of ether oxygens (including phenoxy) is 2. The lowest BCUT2D eigenvalue weighted by molar-refractivity contribution is -0.254. The minimum Gasteiger partial charge on any atom is -0.417 e. The van der Waals surface area contributed by atoms with Crippen molar-refractivity contribution in [2.45, 2.75) is 58.5 Å². The number of aliphatic hydroxyl groups is 2. The quantitative estimate of drug-likeness (QED) is 0.420. The highest BCUT2D eigenvalue weighted by Crippen LogP contribution is 2.26. The molecule has 0 aliphatic rings. The zero-order chi connectivity index (χ0) is 17.0. The zero-order valence-corrected chi connectivity index (χ0v) is 13.2. The Morgan fingerprint density at radius 3 is 1.62 bits per heavy atom. The first-order valence-corrected chi connectivity index (χ1v) is 6.46. The van der Waals surface area contributed by atoms with E-state index in [2.05, 4.69) is 13.2 Å². The van der Waals surface area contributed by atoms with Crippen LogP contribution in [0.1, 0.15) is 41.0 Å². The molecule has 0 aromatic rings. The number of rotatable bonds is 7. The molecule has 6 nitrogen and oxygen atoms in total. The summed E-state index contributed by atoms with van der Waals surface area (Å²) >= 11 is 0. The van der Waals surface area contributed by atoms with Gasteiger partial charge >= 0.3 is 11.9 Å². The van der Waals surface area contributed by atoms with Crippen molar-refractivity contribution in [3.05, 3.63) is 24.3 Å². The molecule has 0 aromatic heterocycles. The molecule has 1 unspecified atom stereocenters. The molecule has 1 atom stereocenters. The van der Waals surface area contributed by atoms with Crippen LogP contribution in [0.5, 0.6) is 0 Å². The van der Waals surface area contributed by atoms with E-state index >= 15 is 0 Å². The fourth-order valence-corrected chi connectivity index (χ4v) is 1.36. The van der Waals surface area contributed by atoms with Gasteiger partial charge in [-0.05, 0) is 27.7 Å². The maximum Gasteiger partial charge on any atom is 0.336 e. The van der Waals surface area contributed by atoms with Crippen LogP contribution in [0.15, 0.2) is 24.3 Å². The number of carbonyl (C=O) groups is 2. The van der Waals surface area contributed by atoms with Gasteiger partial charge in [0.05, 0.1) is 5.60 Å². The monoisotopic (exact) mass is 300 g/mol. The van der Waals surface area contributed by atoms with Crippen LogP contribution in [0.2, 0.25) is 0 Å². The van der Waals surface area contributed by atoms with E-state index in [1.807, 2.05) is 0 Å². The van der Waals surface area contributed by atoms with Crippen LogP contribution < -0.4 is 0 Å². The van der Waals surface area contributed by atoms with E-state index in [0.717, 1.165) is 0 Å². The first-order valence-electron chi connectivity index (χ1n) is 6.46. The molecule has 0 heterocycles. The second kappa shape index (κ2) is 6.87. The Morgan fingerprint density at radius 1 is 1.05 bits per heavy atom. The van der Waals surface area contributed by atoms with E-state index in [-0.39, 0.29) is 17.6 Å². The average Bonchev–Trinajstić information content (AvgIpc) is 2.25. The summed E-state index contributed by atoms with van der Waals surface area (Å²) in [5.41, 5.74) is -1.07. The van der Waals surface area contributed by atoms with Gasteiger partial charge in [0.1, 0.15) is 6.10 Å². The van der Waals surface area contributed by atoms with E-state index in [4.69, 9.17) is 9.47 Å². The van der Waals surface area contributed by atoms with Crippen LogP contribution >= 0.6 is 0 Å². The number of aliphatic hydroxyl groups excluding tert-OH is 1. The van der Waals surface area contributed by atoms with Crippen LogP contribution in [0.3, 0.4) is 0 Å². The Balaban J connectivity index is 5.33. The summed E-state index contributed by atoms with van der Waals surface area (Å²) in [6, 6.07) is 0. The maximum absolute atomic E-state index is 11.7. The molecule has 0 saturated carbocycles. The van der Waals surface area contributed by atoms with E-state index in [1.165, 1.54) is 34.6 Å². The highest BCUT2D eigenvalue weighted by Gasteiger charge is 2.43. The van der Waals surface area contributed by atoms with Crippen molar-refractivity contribution in [2.75, 3.05) is 0 Å². The Hall–Kier alpha value is -1.66. The van der Waals surface area contributed by atoms with E-state index < -0.39 is 29.4 Å². The van der Waals surface area contributed by atoms with Crippen molar-refractivity contribution < 1.29 is 29.3 Å². The first kappa shape index (κ1) is 19.3. The third kappa shape index (κ3) is 6.55. The van der Waals surface area contributed by atoms with Gasteiger partial charge in [-0.2, -0.15) is 0 Å². The summed E-state index contributed by atoms with van der Waals surface area (Å²) in [6.45, 7) is 13.9. The molecule has 0 aliphatic carbocycles. The lowest BCUT2D eigenvalue weighted by Crippen LogP contribution is -2.50. The molecule has 0 saturated heterocycles. The summed E-state index contributed by atoms with van der Waals surface area (Å²) in [5, 5.41) is 20.0. The summed E-state index contributed by atoms with van der Waals surface area (Å²) < 4.78 is 10.1. The Morgan fingerprint density at radius 2 is 1.38 bits per heavy atom. The van der Waals surface area contributed by atoms with E-state index in [9.17, 15) is 19.8 Å². The fraction of sp³-hybridized carbons (Fsp3) is 0.600. The minimum absolute atomic E-state index is 0.0862. The molecule has 0 bridgehead atoms. The second-order valence-corrected chi connectivity index (χ2v) is 5.89. The summed E-state index contributed by atoms with van der Waals surface area (Å²) in [6.07, 6.45) is -1.60. The number of hydrogen-bond donors (Lipinski definition) is 2. The summed E-state index contributed by atoms with van der Waals surface area (Å²) in [4.78, 5) is 23.3. The standard InChI is InChI=1S/C15H24O6/c1-9(2)12(17)20-15(7,21-13(18)10(3)4)11(16)8-14(5,6)19/h11,16,19H,1,3,8H2,2,4-7H3. The second-order valence-electron chi connectivity index (χ2n) is 5.89. The molecule has 0 radical (unpaired) electrons. The lowest BCUT2D eigenvalue weighted by atomic mass is 9.96. The topological polar surface area (TPSA) is 93.1 Å². The van der Waals surface area contributed by atoms with Gasteiger partial charge in [-0.15, -0.1) is 0 Å². The van der Waals surface area contributed by atoms with Gasteiger partial charge in [0.15, 0.2) is 0 Å². The van der Waals surface area contributed by atoms with Gasteiger partial charge in [-0.25, -0.2) is 9.59 Å². The van der Waals surface area contributed by atoms with Gasteiger partial charge in [-0.1, -0.05) is 13.2 Å². The Labute approximate surface area is 125 Å². The van der Waals surface area contributed by atoms with Gasteiger partial charge in [0, 0.05) is 24.5 Å². The van der Waals surface area contributed by atoms with Crippen LogP contribution in [-0.2, 0) is 19.1 Å². The van der Waals surface area contributed by atoms with E-state index in [0.29, 0.717) is 0 Å². The zero-order valence-electron chi connectivity index (χ0n) is 13.2. The van der Waals surface area contributed by atoms with Crippen molar-refractivity contribution in [2.24, 2.45) is 0 Å². The van der Waals surface area contributed by atoms with Gasteiger partial charge in [-0.3, -0.25) is 0 Å². The van der Waals surface area contributed by atoms with Crippen molar-refractivity contribution in [1.82, 2.24) is 0 Å². The number of hydrogen-bond acceptors (Lipinski definition) is 6. The lowest BCUT2D eigenvalue weighted by Gasteiger charge is -2.35. The van der Waals surface area contributed by atoms with Crippen molar-refractivity contribution in [3.8, 4) is 0 Å². The fourth-order valence-electron chi connectivity index (χ4n) is 1.36. The molecule has 2 N–H and O–H groups in total. The molecular weight excluding hydrogens is 276 g/mol. The predicted octanol–water partition coefficient (Wildman–Crippen LogP) is 1.46. The normalized spacial score (nSPS) is 13.3. The predicted molar refractivity (Wildman–Crippen MR) is 77.1 cm³/mol.